The fourth-order valence-electron chi connectivity index (χ4n) is 5.26. The van der Waals surface area contributed by atoms with Crippen LogP contribution in [0.3, 0.4) is 0 Å². The molecule has 1 aliphatic heterocycles. The van der Waals surface area contributed by atoms with Crippen LogP contribution in [0.1, 0.15) is 59.3 Å². The number of rotatable bonds is 14. The van der Waals surface area contributed by atoms with Crippen molar-refractivity contribution in [3.05, 3.63) is 42.5 Å². The van der Waals surface area contributed by atoms with Gasteiger partial charge in [-0.2, -0.15) is 0 Å². The van der Waals surface area contributed by atoms with Crippen LogP contribution in [0.2, 0.25) is 0 Å². The summed E-state index contributed by atoms with van der Waals surface area (Å²) in [7, 11) is -2.36. The third-order valence-corrected chi connectivity index (χ3v) is 10.0. The quantitative estimate of drug-likeness (QED) is 0.182. The smallest absolute Gasteiger partial charge is 0.338 e. The molecule has 0 fully saturated rings. The molecule has 0 saturated heterocycles. The minimum Gasteiger partial charge on any atom is -0.489 e. The number of hydrogen-bond acceptors (Lipinski definition) is 8. The third kappa shape index (κ3) is 7.70. The molecule has 9 heteroatoms. The summed E-state index contributed by atoms with van der Waals surface area (Å²) in [5.41, 5.74) is 1.27. The number of methoxy groups -OCH3 is 1. The molecule has 0 amide bonds. The molecule has 0 bridgehead atoms. The van der Waals surface area contributed by atoms with Crippen molar-refractivity contribution in [1.29, 1.82) is 0 Å². The van der Waals surface area contributed by atoms with Gasteiger partial charge in [-0.05, 0) is 44.2 Å². The maximum absolute atomic E-state index is 14.2. The summed E-state index contributed by atoms with van der Waals surface area (Å²) < 4.78 is 44.8. The maximum Gasteiger partial charge on any atom is 0.338 e. The molecule has 0 N–H and O–H groups in total. The van der Waals surface area contributed by atoms with Crippen molar-refractivity contribution in [1.82, 2.24) is 0 Å². The number of anilines is 2. The zero-order valence-corrected chi connectivity index (χ0v) is 25.5. The van der Waals surface area contributed by atoms with E-state index in [0.717, 1.165) is 49.1 Å². The van der Waals surface area contributed by atoms with E-state index in [1.165, 1.54) is 18.9 Å². The molecule has 1 atom stereocenters. The number of ether oxygens (including phenoxy) is 3. The van der Waals surface area contributed by atoms with Crippen LogP contribution in [-0.2, 0) is 24.1 Å². The number of thioether (sulfide) groups is 1. The van der Waals surface area contributed by atoms with Crippen molar-refractivity contribution in [3.63, 3.8) is 0 Å². The Kier molecular flexibility index (Phi) is 11.6. The predicted molar refractivity (Wildman–Crippen MR) is 158 cm³/mol. The van der Waals surface area contributed by atoms with Crippen LogP contribution in [0.15, 0.2) is 52.3 Å². The van der Waals surface area contributed by atoms with Crippen LogP contribution in [0.25, 0.3) is 0 Å². The maximum atomic E-state index is 14.2. The third-order valence-electron chi connectivity index (χ3n) is 7.27. The minimum atomic E-state index is -3.66. The van der Waals surface area contributed by atoms with Crippen molar-refractivity contribution in [2.75, 3.05) is 43.8 Å². The van der Waals surface area contributed by atoms with E-state index in [9.17, 15) is 13.2 Å². The van der Waals surface area contributed by atoms with Gasteiger partial charge in [-0.1, -0.05) is 57.7 Å². The van der Waals surface area contributed by atoms with Gasteiger partial charge in [-0.3, -0.25) is 0 Å². The highest BCUT2D eigenvalue weighted by molar-refractivity contribution is 7.98. The fourth-order valence-corrected chi connectivity index (χ4v) is 7.93. The normalized spacial score (nSPS) is 16.7. The van der Waals surface area contributed by atoms with Crippen LogP contribution in [0.5, 0.6) is 5.75 Å². The zero-order chi connectivity index (χ0) is 28.5. The van der Waals surface area contributed by atoms with Gasteiger partial charge in [0.25, 0.3) is 0 Å². The molecule has 0 saturated carbocycles. The standard InChI is InChI=1S/C30H43NO6S2/c1-6-9-16-30(17-10-7-2)21-31(23-14-12-11-13-15-23)24-18-27(38-5)25(19-28(24)39(33,34)22-30)37-20-26(36-8-3)29(32)35-4/h11-15,18-19,26H,6-10,16-17,20-22H2,1-5H3. The van der Waals surface area contributed by atoms with E-state index in [-0.39, 0.29) is 22.7 Å². The molecule has 0 spiro atoms. The van der Waals surface area contributed by atoms with Gasteiger partial charge >= 0.3 is 5.97 Å². The van der Waals surface area contributed by atoms with Gasteiger partial charge in [0, 0.05) is 30.3 Å². The van der Waals surface area contributed by atoms with Gasteiger partial charge in [0.15, 0.2) is 15.9 Å². The summed E-state index contributed by atoms with van der Waals surface area (Å²) in [5, 5.41) is 0. The summed E-state index contributed by atoms with van der Waals surface area (Å²) in [6.45, 7) is 6.97. The Morgan fingerprint density at radius 3 is 2.31 bits per heavy atom. The molecule has 0 aromatic heterocycles. The van der Waals surface area contributed by atoms with E-state index in [2.05, 4.69) is 18.7 Å². The summed E-state index contributed by atoms with van der Waals surface area (Å²) >= 11 is 1.48. The molecule has 7 nitrogen and oxygen atoms in total. The first-order chi connectivity index (χ1) is 18.7. The molecule has 0 radical (unpaired) electrons. The lowest BCUT2D eigenvalue weighted by molar-refractivity contribution is -0.155. The number of benzene rings is 2. The minimum absolute atomic E-state index is 0.0771. The fraction of sp³-hybridized carbons (Fsp3) is 0.567. The van der Waals surface area contributed by atoms with Gasteiger partial charge in [-0.25, -0.2) is 13.2 Å². The second kappa shape index (κ2) is 14.4. The van der Waals surface area contributed by atoms with E-state index >= 15 is 0 Å². The molecule has 1 heterocycles. The van der Waals surface area contributed by atoms with Gasteiger partial charge in [0.2, 0.25) is 0 Å². The predicted octanol–water partition coefficient (Wildman–Crippen LogP) is 6.66. The number of hydrogen-bond donors (Lipinski definition) is 0. The molecule has 1 aliphatic rings. The first kappa shape index (κ1) is 31.3. The van der Waals surface area contributed by atoms with Crippen molar-refractivity contribution in [2.45, 2.75) is 75.2 Å². The summed E-state index contributed by atoms with van der Waals surface area (Å²) in [6.07, 6.45) is 6.73. The highest BCUT2D eigenvalue weighted by atomic mass is 32.2. The van der Waals surface area contributed by atoms with E-state index < -0.39 is 21.9 Å². The highest BCUT2D eigenvalue weighted by Crippen LogP contribution is 2.47. The van der Waals surface area contributed by atoms with E-state index in [0.29, 0.717) is 24.6 Å². The SMILES string of the molecule is CCCCC1(CCCC)CN(c2ccccc2)c2cc(SC)c(OCC(OCC)C(=O)OC)cc2S(=O)(=O)C1. The molecule has 216 valence electrons. The summed E-state index contributed by atoms with van der Waals surface area (Å²) in [4.78, 5) is 15.4. The molecule has 39 heavy (non-hydrogen) atoms. The summed E-state index contributed by atoms with van der Waals surface area (Å²) in [5.74, 6) is -0.0177. The van der Waals surface area contributed by atoms with Gasteiger partial charge in [-0.15, -0.1) is 11.8 Å². The lowest BCUT2D eigenvalue weighted by atomic mass is 9.79. The lowest BCUT2D eigenvalue weighted by Gasteiger charge is -2.37. The Balaban J connectivity index is 2.15. The largest absolute Gasteiger partial charge is 0.489 e. The number of para-hydroxylation sites is 1. The monoisotopic (exact) mass is 577 g/mol. The number of fused-ring (bicyclic) bond motifs is 1. The highest BCUT2D eigenvalue weighted by Gasteiger charge is 2.42. The van der Waals surface area contributed by atoms with Gasteiger partial charge in [0.1, 0.15) is 12.4 Å². The Bertz CT molecular complexity index is 1180. The van der Waals surface area contributed by atoms with Crippen molar-refractivity contribution >= 4 is 38.9 Å². The Morgan fingerprint density at radius 1 is 1.08 bits per heavy atom. The van der Waals surface area contributed by atoms with Crippen molar-refractivity contribution < 1.29 is 27.4 Å². The molecule has 0 aliphatic carbocycles. The average Bonchev–Trinajstić information content (AvgIpc) is 3.04. The zero-order valence-electron chi connectivity index (χ0n) is 23.9. The molecule has 2 aromatic rings. The van der Waals surface area contributed by atoms with Crippen LogP contribution in [0, 0.1) is 5.41 Å². The molecular weight excluding hydrogens is 534 g/mol. The Hall–Kier alpha value is -2.23. The molecular formula is C30H43NO6S2. The number of carbonyl (C=O) groups excluding carboxylic acids is 1. The van der Waals surface area contributed by atoms with Crippen LogP contribution >= 0.6 is 11.8 Å². The lowest BCUT2D eigenvalue weighted by Crippen LogP contribution is -2.38. The topological polar surface area (TPSA) is 82.1 Å². The number of carbonyl (C=O) groups is 1. The van der Waals surface area contributed by atoms with E-state index in [1.54, 1.807) is 13.0 Å². The number of sulfone groups is 1. The number of nitrogens with zero attached hydrogens (tertiary/aromatic N) is 1. The number of esters is 1. The Morgan fingerprint density at radius 2 is 1.74 bits per heavy atom. The van der Waals surface area contributed by atoms with Crippen LogP contribution in [-0.4, -0.2) is 59.4 Å². The second-order valence-electron chi connectivity index (χ2n) is 10.1. The first-order valence-electron chi connectivity index (χ1n) is 13.8. The van der Waals surface area contributed by atoms with Crippen LogP contribution in [0.4, 0.5) is 11.4 Å². The van der Waals surface area contributed by atoms with Crippen molar-refractivity contribution in [2.24, 2.45) is 5.41 Å². The van der Waals surface area contributed by atoms with Crippen LogP contribution < -0.4 is 9.64 Å². The molecule has 3 rings (SSSR count). The van der Waals surface area contributed by atoms with Crippen molar-refractivity contribution in [3.8, 4) is 5.75 Å². The van der Waals surface area contributed by atoms with Gasteiger partial charge in [0.05, 0.1) is 28.3 Å². The van der Waals surface area contributed by atoms with E-state index in [1.807, 2.05) is 42.7 Å². The number of unbranched alkanes of at least 4 members (excludes halogenated alkanes) is 2. The van der Waals surface area contributed by atoms with Gasteiger partial charge < -0.3 is 19.1 Å². The molecule has 1 unspecified atom stereocenters. The van der Waals surface area contributed by atoms with E-state index in [4.69, 9.17) is 14.2 Å². The average molecular weight is 578 g/mol. The Labute approximate surface area is 238 Å². The second-order valence-corrected chi connectivity index (χ2v) is 12.9. The first-order valence-corrected chi connectivity index (χ1v) is 16.7. The molecule has 2 aromatic carbocycles. The summed E-state index contributed by atoms with van der Waals surface area (Å²) in [6, 6.07) is 13.6.